The van der Waals surface area contributed by atoms with Crippen LogP contribution in [-0.2, 0) is 17.8 Å². The summed E-state index contributed by atoms with van der Waals surface area (Å²) < 4.78 is 5.47. The van der Waals surface area contributed by atoms with Crippen molar-refractivity contribution in [1.82, 2.24) is 20.4 Å². The van der Waals surface area contributed by atoms with Crippen LogP contribution in [0.3, 0.4) is 0 Å². The minimum atomic E-state index is 0.0681. The highest BCUT2D eigenvalue weighted by Gasteiger charge is 2.28. The molecule has 2 heterocycles. The van der Waals surface area contributed by atoms with Crippen molar-refractivity contribution in [2.75, 3.05) is 53.0 Å². The van der Waals surface area contributed by atoms with E-state index in [4.69, 9.17) is 4.74 Å². The summed E-state index contributed by atoms with van der Waals surface area (Å²) in [5.41, 5.74) is 2.75. The summed E-state index contributed by atoms with van der Waals surface area (Å²) in [5, 5.41) is 6.93. The van der Waals surface area contributed by atoms with Gasteiger partial charge in [0.2, 0.25) is 0 Å². The van der Waals surface area contributed by atoms with Crippen molar-refractivity contribution in [3.63, 3.8) is 0 Å². The number of aliphatic imine (C=N–C) groups is 1. The number of nitrogens with zero attached hydrogens (tertiary/aromatic N) is 3. The first kappa shape index (κ1) is 21.1. The third kappa shape index (κ3) is 6.19. The molecule has 28 heavy (non-hydrogen) atoms. The van der Waals surface area contributed by atoms with Crippen LogP contribution in [-0.4, -0.2) is 74.3 Å². The number of hydrogen-bond acceptors (Lipinski definition) is 4. The number of guanidine groups is 1. The van der Waals surface area contributed by atoms with E-state index in [2.05, 4.69) is 63.5 Å². The lowest BCUT2D eigenvalue weighted by Gasteiger charge is -2.41. The molecule has 2 fully saturated rings. The Bertz CT molecular complexity index is 616. The molecule has 0 unspecified atom stereocenters. The Kier molecular flexibility index (Phi) is 7.71. The van der Waals surface area contributed by atoms with Gasteiger partial charge in [0.1, 0.15) is 0 Å². The van der Waals surface area contributed by atoms with E-state index >= 15 is 0 Å². The summed E-state index contributed by atoms with van der Waals surface area (Å²) in [6, 6.07) is 8.97. The minimum Gasteiger partial charge on any atom is -0.379 e. The first-order valence-corrected chi connectivity index (χ1v) is 10.6. The molecule has 0 spiro atoms. The Labute approximate surface area is 170 Å². The Morgan fingerprint density at radius 2 is 1.64 bits per heavy atom. The molecule has 2 aliphatic rings. The zero-order valence-electron chi connectivity index (χ0n) is 17.8. The normalized spacial score (nSPS) is 19.8. The summed E-state index contributed by atoms with van der Waals surface area (Å²) >= 11 is 0. The topological polar surface area (TPSA) is 52.1 Å². The highest BCUT2D eigenvalue weighted by molar-refractivity contribution is 5.79. The molecule has 2 aliphatic heterocycles. The second-order valence-electron chi connectivity index (χ2n) is 8.49. The zero-order chi connectivity index (χ0) is 19.8. The van der Waals surface area contributed by atoms with E-state index in [1.54, 1.807) is 0 Å². The van der Waals surface area contributed by atoms with E-state index in [0.29, 0.717) is 0 Å². The molecular formula is C22H37N5O. The second-order valence-corrected chi connectivity index (χ2v) is 8.49. The molecule has 0 aliphatic carbocycles. The Hall–Kier alpha value is -1.63. The van der Waals surface area contributed by atoms with Crippen LogP contribution in [0, 0.1) is 0 Å². The molecule has 0 atom stereocenters. The summed E-state index contributed by atoms with van der Waals surface area (Å²) in [6.07, 6.45) is 2.69. The zero-order valence-corrected chi connectivity index (χ0v) is 17.8. The highest BCUT2D eigenvalue weighted by Crippen LogP contribution is 2.15. The van der Waals surface area contributed by atoms with Gasteiger partial charge in [-0.25, -0.2) is 0 Å². The lowest BCUT2D eigenvalue weighted by Crippen LogP contribution is -2.56. The number of ether oxygens (including phenoxy) is 1. The van der Waals surface area contributed by atoms with Gasteiger partial charge in [-0.1, -0.05) is 24.3 Å². The van der Waals surface area contributed by atoms with E-state index in [1.165, 1.54) is 37.1 Å². The smallest absolute Gasteiger partial charge is 0.191 e. The number of morpholine rings is 1. The fraction of sp³-hybridized carbons (Fsp3) is 0.682. The molecule has 2 saturated heterocycles. The largest absolute Gasteiger partial charge is 0.379 e. The third-order valence-corrected chi connectivity index (χ3v) is 5.87. The molecule has 156 valence electrons. The Morgan fingerprint density at radius 1 is 1.00 bits per heavy atom. The first-order chi connectivity index (χ1) is 13.6. The van der Waals surface area contributed by atoms with Gasteiger partial charge in [0.05, 0.1) is 13.2 Å². The van der Waals surface area contributed by atoms with Crippen molar-refractivity contribution >= 4 is 5.96 Å². The van der Waals surface area contributed by atoms with Gasteiger partial charge in [0, 0.05) is 45.3 Å². The maximum absolute atomic E-state index is 5.47. The van der Waals surface area contributed by atoms with Gasteiger partial charge in [-0.3, -0.25) is 14.8 Å². The maximum Gasteiger partial charge on any atom is 0.191 e. The van der Waals surface area contributed by atoms with Crippen LogP contribution in [0.25, 0.3) is 0 Å². The van der Waals surface area contributed by atoms with Crippen LogP contribution in [0.1, 0.15) is 37.8 Å². The van der Waals surface area contributed by atoms with Crippen LogP contribution in [0.4, 0.5) is 0 Å². The van der Waals surface area contributed by atoms with Crippen LogP contribution in [0.5, 0.6) is 0 Å². The molecule has 0 aromatic heterocycles. The Balaban J connectivity index is 1.43. The number of rotatable bonds is 7. The molecule has 0 radical (unpaired) electrons. The summed E-state index contributed by atoms with van der Waals surface area (Å²) in [6.45, 7) is 13.4. The maximum atomic E-state index is 5.47. The average molecular weight is 388 g/mol. The second kappa shape index (κ2) is 10.2. The summed E-state index contributed by atoms with van der Waals surface area (Å²) in [7, 11) is 1.83. The standard InChI is InChI=1S/C22H37N5O/c1-22(2,27-12-14-28-15-13-27)18-25-21(23-3)24-16-19-6-8-20(9-7-19)17-26-10-4-5-11-26/h6-9H,4-5,10-18H2,1-3H3,(H2,23,24,25). The van der Waals surface area contributed by atoms with Crippen LogP contribution >= 0.6 is 0 Å². The lowest BCUT2D eigenvalue weighted by molar-refractivity contribution is -0.00834. The molecule has 0 saturated carbocycles. The van der Waals surface area contributed by atoms with E-state index in [-0.39, 0.29) is 5.54 Å². The number of benzene rings is 1. The molecule has 2 N–H and O–H groups in total. The van der Waals surface area contributed by atoms with Gasteiger partial charge in [0.25, 0.3) is 0 Å². The average Bonchev–Trinajstić information content (AvgIpc) is 3.23. The van der Waals surface area contributed by atoms with Crippen LogP contribution in [0.15, 0.2) is 29.3 Å². The van der Waals surface area contributed by atoms with E-state index in [9.17, 15) is 0 Å². The molecule has 1 aromatic carbocycles. The van der Waals surface area contributed by atoms with E-state index in [1.807, 2.05) is 7.05 Å². The van der Waals surface area contributed by atoms with Crippen molar-refractivity contribution in [2.45, 2.75) is 45.3 Å². The van der Waals surface area contributed by atoms with Gasteiger partial charge in [0.15, 0.2) is 5.96 Å². The van der Waals surface area contributed by atoms with Crippen LogP contribution < -0.4 is 10.6 Å². The molecule has 1 aromatic rings. The molecule has 6 nitrogen and oxygen atoms in total. The molecule has 3 rings (SSSR count). The predicted octanol–water partition coefficient (Wildman–Crippen LogP) is 2.06. The summed E-state index contributed by atoms with van der Waals surface area (Å²) in [4.78, 5) is 9.40. The van der Waals surface area contributed by atoms with Gasteiger partial charge < -0.3 is 15.4 Å². The van der Waals surface area contributed by atoms with Gasteiger partial charge in [-0.2, -0.15) is 0 Å². The van der Waals surface area contributed by atoms with Crippen molar-refractivity contribution in [2.24, 2.45) is 4.99 Å². The monoisotopic (exact) mass is 387 g/mol. The van der Waals surface area contributed by atoms with Gasteiger partial charge >= 0.3 is 0 Å². The van der Waals surface area contributed by atoms with Crippen molar-refractivity contribution in [3.8, 4) is 0 Å². The molecule has 6 heteroatoms. The highest BCUT2D eigenvalue weighted by atomic mass is 16.5. The summed E-state index contributed by atoms with van der Waals surface area (Å²) in [5.74, 6) is 0.850. The number of hydrogen-bond donors (Lipinski definition) is 2. The molecular weight excluding hydrogens is 350 g/mol. The first-order valence-electron chi connectivity index (χ1n) is 10.6. The van der Waals surface area contributed by atoms with Crippen molar-refractivity contribution < 1.29 is 4.74 Å². The quantitative estimate of drug-likeness (QED) is 0.554. The SMILES string of the molecule is CN=C(NCc1ccc(CN2CCCC2)cc1)NCC(C)(C)N1CCOCC1. The van der Waals surface area contributed by atoms with Gasteiger partial charge in [-0.05, 0) is 50.9 Å². The van der Waals surface area contributed by atoms with E-state index < -0.39 is 0 Å². The Morgan fingerprint density at radius 3 is 2.29 bits per heavy atom. The van der Waals surface area contributed by atoms with E-state index in [0.717, 1.165) is 51.9 Å². The third-order valence-electron chi connectivity index (χ3n) is 5.87. The predicted molar refractivity (Wildman–Crippen MR) is 116 cm³/mol. The molecule has 0 bridgehead atoms. The number of nitrogens with one attached hydrogen (secondary N) is 2. The fourth-order valence-corrected chi connectivity index (χ4v) is 3.95. The van der Waals surface area contributed by atoms with Gasteiger partial charge in [-0.15, -0.1) is 0 Å². The fourth-order valence-electron chi connectivity index (χ4n) is 3.95. The van der Waals surface area contributed by atoms with Crippen LogP contribution in [0.2, 0.25) is 0 Å². The van der Waals surface area contributed by atoms with Crippen molar-refractivity contribution in [3.05, 3.63) is 35.4 Å². The molecule has 0 amide bonds. The number of likely N-dealkylation sites (tertiary alicyclic amines) is 1. The van der Waals surface area contributed by atoms with Crippen molar-refractivity contribution in [1.29, 1.82) is 0 Å². The lowest BCUT2D eigenvalue weighted by atomic mass is 10.0. The minimum absolute atomic E-state index is 0.0681.